The zero-order valence-electron chi connectivity index (χ0n) is 10.7. The topological polar surface area (TPSA) is 27.6 Å². The van der Waals surface area contributed by atoms with E-state index in [1.54, 1.807) is 0 Å². The molecule has 0 unspecified atom stereocenters. The molecule has 0 bridgehead atoms. The lowest BCUT2D eigenvalue weighted by Crippen LogP contribution is -2.38. The summed E-state index contributed by atoms with van der Waals surface area (Å²) < 4.78 is 1.11. The molecular weight excluding hydrogens is 278 g/mol. The van der Waals surface area contributed by atoms with Crippen LogP contribution in [0.1, 0.15) is 19.4 Å². The van der Waals surface area contributed by atoms with Crippen LogP contribution in [0, 0.1) is 0 Å². The Bertz CT molecular complexity index is 359. The molecule has 1 aromatic carbocycles. The number of hydrogen-bond donors (Lipinski definition) is 1. The lowest BCUT2D eigenvalue weighted by molar-refractivity contribution is 0.477. The Morgan fingerprint density at radius 2 is 1.94 bits per heavy atom. The summed E-state index contributed by atoms with van der Waals surface area (Å²) >= 11 is 3.44. The molecule has 0 aromatic heterocycles. The van der Waals surface area contributed by atoms with Crippen LogP contribution in [0.15, 0.2) is 33.7 Å². The van der Waals surface area contributed by atoms with Gasteiger partial charge in [-0.3, -0.25) is 4.99 Å². The van der Waals surface area contributed by atoms with Gasteiger partial charge < -0.3 is 10.2 Å². The first-order valence-electron chi connectivity index (χ1n) is 5.91. The lowest BCUT2D eigenvalue weighted by Gasteiger charge is -2.22. The molecule has 0 aliphatic carbocycles. The van der Waals surface area contributed by atoms with Crippen molar-refractivity contribution in [2.45, 2.75) is 20.4 Å². The van der Waals surface area contributed by atoms with Crippen LogP contribution in [0.4, 0.5) is 0 Å². The Morgan fingerprint density at radius 3 is 2.47 bits per heavy atom. The van der Waals surface area contributed by atoms with Crippen molar-refractivity contribution in [2.24, 2.45) is 4.99 Å². The van der Waals surface area contributed by atoms with Crippen molar-refractivity contribution in [1.82, 2.24) is 10.2 Å². The largest absolute Gasteiger partial charge is 0.357 e. The number of hydrogen-bond acceptors (Lipinski definition) is 1. The summed E-state index contributed by atoms with van der Waals surface area (Å²) in [7, 11) is 2.05. The van der Waals surface area contributed by atoms with Gasteiger partial charge in [-0.05, 0) is 31.5 Å². The van der Waals surface area contributed by atoms with Crippen LogP contribution in [0.5, 0.6) is 0 Å². The molecule has 1 N–H and O–H groups in total. The van der Waals surface area contributed by atoms with Gasteiger partial charge in [0.05, 0.1) is 0 Å². The molecule has 0 amide bonds. The van der Waals surface area contributed by atoms with Gasteiger partial charge in [0, 0.05) is 31.2 Å². The minimum atomic E-state index is 0.799. The van der Waals surface area contributed by atoms with Crippen LogP contribution in [0.25, 0.3) is 0 Å². The highest BCUT2D eigenvalue weighted by Gasteiger charge is 2.05. The van der Waals surface area contributed by atoms with E-state index < -0.39 is 0 Å². The quantitative estimate of drug-likeness (QED) is 0.684. The summed E-state index contributed by atoms with van der Waals surface area (Å²) in [5.74, 6) is 0.956. The van der Waals surface area contributed by atoms with Gasteiger partial charge >= 0.3 is 0 Å². The van der Waals surface area contributed by atoms with E-state index in [0.717, 1.165) is 30.1 Å². The van der Waals surface area contributed by atoms with Crippen LogP contribution < -0.4 is 5.32 Å². The van der Waals surface area contributed by atoms with Crippen molar-refractivity contribution in [1.29, 1.82) is 0 Å². The molecule has 0 radical (unpaired) electrons. The molecule has 4 heteroatoms. The normalized spacial score (nSPS) is 11.4. The molecule has 17 heavy (non-hydrogen) atoms. The van der Waals surface area contributed by atoms with E-state index in [1.807, 2.05) is 6.92 Å². The van der Waals surface area contributed by atoms with Crippen molar-refractivity contribution in [3.05, 3.63) is 34.3 Å². The van der Waals surface area contributed by atoms with Crippen LogP contribution >= 0.6 is 15.9 Å². The highest BCUT2D eigenvalue weighted by Crippen LogP contribution is 2.11. The Morgan fingerprint density at radius 1 is 1.29 bits per heavy atom. The average Bonchev–Trinajstić information content (AvgIpc) is 2.32. The number of nitrogens with one attached hydrogen (secondary N) is 1. The predicted molar refractivity (Wildman–Crippen MR) is 77.3 cm³/mol. The average molecular weight is 298 g/mol. The fourth-order valence-electron chi connectivity index (χ4n) is 1.56. The van der Waals surface area contributed by atoms with Gasteiger partial charge in [-0.25, -0.2) is 0 Å². The number of nitrogens with zero attached hydrogens (tertiary/aromatic N) is 2. The second-order valence-electron chi connectivity index (χ2n) is 3.81. The summed E-state index contributed by atoms with van der Waals surface area (Å²) in [6.07, 6.45) is 0. The fourth-order valence-corrected chi connectivity index (χ4v) is 1.82. The fraction of sp³-hybridized carbons (Fsp3) is 0.462. The maximum atomic E-state index is 4.45. The first-order valence-corrected chi connectivity index (χ1v) is 6.70. The highest BCUT2D eigenvalue weighted by atomic mass is 79.9. The minimum Gasteiger partial charge on any atom is -0.357 e. The van der Waals surface area contributed by atoms with Crippen molar-refractivity contribution in [3.63, 3.8) is 0 Å². The number of rotatable bonds is 4. The summed E-state index contributed by atoms with van der Waals surface area (Å²) in [6.45, 7) is 6.68. The Hall–Kier alpha value is -1.03. The molecule has 0 aliphatic rings. The second-order valence-corrected chi connectivity index (χ2v) is 4.73. The maximum absolute atomic E-state index is 4.45. The van der Waals surface area contributed by atoms with Crippen molar-refractivity contribution in [3.8, 4) is 0 Å². The molecule has 0 aliphatic heterocycles. The third-order valence-corrected chi connectivity index (χ3v) is 2.87. The number of guanidine groups is 1. The van der Waals surface area contributed by atoms with E-state index >= 15 is 0 Å². The van der Waals surface area contributed by atoms with Crippen LogP contribution in [-0.4, -0.2) is 31.0 Å². The second kappa shape index (κ2) is 7.33. The molecule has 94 valence electrons. The van der Waals surface area contributed by atoms with Gasteiger partial charge in [0.1, 0.15) is 0 Å². The lowest BCUT2D eigenvalue weighted by atomic mass is 10.2. The van der Waals surface area contributed by atoms with E-state index in [1.165, 1.54) is 5.56 Å². The zero-order valence-corrected chi connectivity index (χ0v) is 12.3. The van der Waals surface area contributed by atoms with E-state index in [0.29, 0.717) is 0 Å². The number of halogens is 1. The predicted octanol–water partition coefficient (Wildman–Crippen LogP) is 2.87. The molecule has 0 fully saturated rings. The van der Waals surface area contributed by atoms with Crippen LogP contribution in [0.3, 0.4) is 0 Å². The van der Waals surface area contributed by atoms with E-state index in [9.17, 15) is 0 Å². The van der Waals surface area contributed by atoms with E-state index in [-0.39, 0.29) is 0 Å². The Balaban J connectivity index is 2.66. The van der Waals surface area contributed by atoms with Gasteiger partial charge in [0.15, 0.2) is 5.96 Å². The van der Waals surface area contributed by atoms with Crippen molar-refractivity contribution < 1.29 is 0 Å². The SMILES string of the molecule is CCN=C(NCC)N(C)Cc1ccc(Br)cc1. The summed E-state index contributed by atoms with van der Waals surface area (Å²) in [6, 6.07) is 8.37. The molecule has 0 spiro atoms. The highest BCUT2D eigenvalue weighted by molar-refractivity contribution is 9.10. The molecule has 0 saturated carbocycles. The van der Waals surface area contributed by atoms with E-state index in [2.05, 4.69) is 69.4 Å². The molecule has 0 saturated heterocycles. The van der Waals surface area contributed by atoms with Crippen LogP contribution in [-0.2, 0) is 6.54 Å². The summed E-state index contributed by atoms with van der Waals surface area (Å²) in [5, 5.41) is 3.28. The van der Waals surface area contributed by atoms with Crippen molar-refractivity contribution in [2.75, 3.05) is 20.1 Å². The van der Waals surface area contributed by atoms with Gasteiger partial charge in [-0.2, -0.15) is 0 Å². The summed E-state index contributed by atoms with van der Waals surface area (Å²) in [5.41, 5.74) is 1.28. The Kier molecular flexibility index (Phi) is 6.05. The molecule has 0 heterocycles. The number of aliphatic imine (C=N–C) groups is 1. The molecule has 3 nitrogen and oxygen atoms in total. The Labute approximate surface area is 112 Å². The maximum Gasteiger partial charge on any atom is 0.193 e. The molecule has 1 rings (SSSR count). The third-order valence-electron chi connectivity index (χ3n) is 2.34. The zero-order chi connectivity index (χ0) is 12.7. The minimum absolute atomic E-state index is 0.799. The van der Waals surface area contributed by atoms with Gasteiger partial charge in [0.2, 0.25) is 0 Å². The van der Waals surface area contributed by atoms with Crippen molar-refractivity contribution >= 4 is 21.9 Å². The van der Waals surface area contributed by atoms with Gasteiger partial charge in [-0.15, -0.1) is 0 Å². The molecule has 1 aromatic rings. The van der Waals surface area contributed by atoms with Crippen LogP contribution in [0.2, 0.25) is 0 Å². The first-order chi connectivity index (χ1) is 8.17. The first kappa shape index (κ1) is 14.0. The summed E-state index contributed by atoms with van der Waals surface area (Å²) in [4.78, 5) is 6.58. The standard InChI is InChI=1S/C13H20BrN3/c1-4-15-13(16-5-2)17(3)10-11-6-8-12(14)9-7-11/h6-9H,4-5,10H2,1-3H3,(H,15,16). The molecular formula is C13H20BrN3. The van der Waals surface area contributed by atoms with Gasteiger partial charge in [-0.1, -0.05) is 28.1 Å². The molecule has 0 atom stereocenters. The monoisotopic (exact) mass is 297 g/mol. The number of benzene rings is 1. The smallest absolute Gasteiger partial charge is 0.193 e. The van der Waals surface area contributed by atoms with Gasteiger partial charge in [0.25, 0.3) is 0 Å². The van der Waals surface area contributed by atoms with E-state index in [4.69, 9.17) is 0 Å². The third kappa shape index (κ3) is 4.77.